The van der Waals surface area contributed by atoms with E-state index in [1.165, 1.54) is 44.3 Å². The van der Waals surface area contributed by atoms with E-state index in [0.29, 0.717) is 17.9 Å². The Morgan fingerprint density at radius 1 is 1.04 bits per heavy atom. The molecule has 1 amide bonds. The van der Waals surface area contributed by atoms with Gasteiger partial charge in [0, 0.05) is 31.5 Å². The zero-order valence-electron chi connectivity index (χ0n) is 15.3. The minimum atomic E-state index is 0.268. The second-order valence-electron chi connectivity index (χ2n) is 8.18. The fourth-order valence-electron chi connectivity index (χ4n) is 5.19. The Bertz CT molecular complexity index is 566. The number of amides is 1. The van der Waals surface area contributed by atoms with Gasteiger partial charge < -0.3 is 4.90 Å². The van der Waals surface area contributed by atoms with Crippen LogP contribution >= 0.6 is 0 Å². The molecule has 136 valence electrons. The number of hydrogen-bond acceptors (Lipinski definition) is 3. The Hall–Kier alpha value is -1.42. The SMILES string of the molecule is O=C([C@@H]1CCCN2CCCC[C@H]12)N1CCC(Cc2cccnc2)CC1. The highest BCUT2D eigenvalue weighted by Crippen LogP contribution is 2.33. The molecule has 2 atom stereocenters. The van der Waals surface area contributed by atoms with E-state index < -0.39 is 0 Å². The molecule has 4 heterocycles. The maximum atomic E-state index is 13.2. The zero-order valence-corrected chi connectivity index (χ0v) is 15.3. The van der Waals surface area contributed by atoms with Crippen LogP contribution in [0.2, 0.25) is 0 Å². The summed E-state index contributed by atoms with van der Waals surface area (Å²) >= 11 is 0. The first-order chi connectivity index (χ1) is 12.3. The van der Waals surface area contributed by atoms with Crippen LogP contribution in [0, 0.1) is 11.8 Å². The number of aromatic nitrogens is 1. The molecule has 4 rings (SSSR count). The molecule has 3 saturated heterocycles. The normalized spacial score (nSPS) is 28.6. The van der Waals surface area contributed by atoms with Crippen molar-refractivity contribution in [1.82, 2.24) is 14.8 Å². The molecule has 0 saturated carbocycles. The standard InChI is InChI=1S/C21H31N3O/c25-21(19-6-4-12-23-11-2-1-7-20(19)23)24-13-8-17(9-14-24)15-18-5-3-10-22-16-18/h3,5,10,16-17,19-20H,1-2,4,6-9,11-15H2/t19-,20-/m1/s1. The van der Waals surface area contributed by atoms with E-state index in [1.807, 2.05) is 18.5 Å². The van der Waals surface area contributed by atoms with Gasteiger partial charge in [0.15, 0.2) is 0 Å². The summed E-state index contributed by atoms with van der Waals surface area (Å²) in [6.07, 6.45) is 13.4. The van der Waals surface area contributed by atoms with Crippen molar-refractivity contribution in [3.8, 4) is 0 Å². The molecule has 25 heavy (non-hydrogen) atoms. The number of rotatable bonds is 3. The van der Waals surface area contributed by atoms with Crippen LogP contribution in [0.3, 0.4) is 0 Å². The lowest BCUT2D eigenvalue weighted by molar-refractivity contribution is -0.141. The largest absolute Gasteiger partial charge is 0.342 e. The van der Waals surface area contributed by atoms with Crippen LogP contribution in [0.15, 0.2) is 24.5 Å². The smallest absolute Gasteiger partial charge is 0.227 e. The van der Waals surface area contributed by atoms with E-state index in [9.17, 15) is 4.79 Å². The van der Waals surface area contributed by atoms with E-state index >= 15 is 0 Å². The number of likely N-dealkylation sites (tertiary alicyclic amines) is 1. The number of carbonyl (C=O) groups is 1. The molecule has 0 N–H and O–H groups in total. The third-order valence-corrected chi connectivity index (χ3v) is 6.58. The van der Waals surface area contributed by atoms with E-state index in [0.717, 1.165) is 38.8 Å². The Morgan fingerprint density at radius 3 is 2.68 bits per heavy atom. The summed E-state index contributed by atoms with van der Waals surface area (Å²) in [6, 6.07) is 4.72. The first kappa shape index (κ1) is 17.0. The summed E-state index contributed by atoms with van der Waals surface area (Å²) in [7, 11) is 0. The molecule has 4 heteroatoms. The predicted molar refractivity (Wildman–Crippen MR) is 99.2 cm³/mol. The van der Waals surface area contributed by atoms with E-state index in [4.69, 9.17) is 0 Å². The Kier molecular flexibility index (Phi) is 5.35. The third kappa shape index (κ3) is 3.89. The first-order valence-corrected chi connectivity index (χ1v) is 10.2. The van der Waals surface area contributed by atoms with Crippen molar-refractivity contribution in [2.24, 2.45) is 11.8 Å². The number of hydrogen-bond donors (Lipinski definition) is 0. The van der Waals surface area contributed by atoms with Crippen LogP contribution in [0.25, 0.3) is 0 Å². The summed E-state index contributed by atoms with van der Waals surface area (Å²) in [6.45, 7) is 4.32. The second-order valence-corrected chi connectivity index (χ2v) is 8.18. The van der Waals surface area contributed by atoms with Crippen LogP contribution in [-0.2, 0) is 11.2 Å². The van der Waals surface area contributed by atoms with Crippen molar-refractivity contribution >= 4 is 5.91 Å². The quantitative estimate of drug-likeness (QED) is 0.847. The van der Waals surface area contributed by atoms with Crippen molar-refractivity contribution < 1.29 is 4.79 Å². The number of nitrogens with zero attached hydrogens (tertiary/aromatic N) is 3. The van der Waals surface area contributed by atoms with Gasteiger partial charge in [0.1, 0.15) is 0 Å². The van der Waals surface area contributed by atoms with Crippen LogP contribution in [0.4, 0.5) is 0 Å². The fraction of sp³-hybridized carbons (Fsp3) is 0.714. The molecular weight excluding hydrogens is 310 g/mol. The monoisotopic (exact) mass is 341 g/mol. The molecule has 3 fully saturated rings. The molecule has 4 nitrogen and oxygen atoms in total. The van der Waals surface area contributed by atoms with Gasteiger partial charge in [0.25, 0.3) is 0 Å². The molecule has 0 spiro atoms. The number of fused-ring (bicyclic) bond motifs is 1. The van der Waals surface area contributed by atoms with Crippen LogP contribution < -0.4 is 0 Å². The van der Waals surface area contributed by atoms with Gasteiger partial charge in [-0.2, -0.15) is 0 Å². The molecule has 0 aromatic carbocycles. The van der Waals surface area contributed by atoms with Crippen molar-refractivity contribution in [3.63, 3.8) is 0 Å². The van der Waals surface area contributed by atoms with Crippen molar-refractivity contribution in [2.75, 3.05) is 26.2 Å². The lowest BCUT2D eigenvalue weighted by atomic mass is 9.82. The maximum absolute atomic E-state index is 13.2. The van der Waals surface area contributed by atoms with E-state index in [2.05, 4.69) is 20.9 Å². The topological polar surface area (TPSA) is 36.4 Å². The van der Waals surface area contributed by atoms with Crippen LogP contribution in [-0.4, -0.2) is 52.9 Å². The minimum absolute atomic E-state index is 0.268. The van der Waals surface area contributed by atoms with Gasteiger partial charge in [-0.15, -0.1) is 0 Å². The summed E-state index contributed by atoms with van der Waals surface area (Å²) < 4.78 is 0. The average molecular weight is 341 g/mol. The van der Waals surface area contributed by atoms with Crippen molar-refractivity contribution in [2.45, 2.75) is 57.4 Å². The summed E-state index contributed by atoms with van der Waals surface area (Å²) in [4.78, 5) is 22.2. The number of carbonyl (C=O) groups excluding carboxylic acids is 1. The van der Waals surface area contributed by atoms with Gasteiger partial charge in [0.2, 0.25) is 5.91 Å². The Labute approximate surface area is 151 Å². The zero-order chi connectivity index (χ0) is 17.1. The van der Waals surface area contributed by atoms with E-state index in [1.54, 1.807) is 0 Å². The highest BCUT2D eigenvalue weighted by atomic mass is 16.2. The molecule has 1 aromatic rings. The minimum Gasteiger partial charge on any atom is -0.342 e. The van der Waals surface area contributed by atoms with Gasteiger partial charge in [-0.25, -0.2) is 0 Å². The van der Waals surface area contributed by atoms with Gasteiger partial charge in [-0.1, -0.05) is 12.5 Å². The van der Waals surface area contributed by atoms with Crippen molar-refractivity contribution in [3.05, 3.63) is 30.1 Å². The predicted octanol–water partition coefficient (Wildman–Crippen LogP) is 3.13. The van der Waals surface area contributed by atoms with Gasteiger partial charge >= 0.3 is 0 Å². The number of pyridine rings is 1. The molecule has 0 bridgehead atoms. The van der Waals surface area contributed by atoms with E-state index in [-0.39, 0.29) is 5.92 Å². The first-order valence-electron chi connectivity index (χ1n) is 10.2. The lowest BCUT2D eigenvalue weighted by Crippen LogP contribution is -2.54. The number of piperidine rings is 3. The fourth-order valence-corrected chi connectivity index (χ4v) is 5.19. The molecular formula is C21H31N3O. The maximum Gasteiger partial charge on any atom is 0.227 e. The molecule has 3 aliphatic heterocycles. The molecule has 1 aromatic heterocycles. The Morgan fingerprint density at radius 2 is 1.88 bits per heavy atom. The summed E-state index contributed by atoms with van der Waals surface area (Å²) in [5.74, 6) is 1.42. The second kappa shape index (κ2) is 7.86. The van der Waals surface area contributed by atoms with Gasteiger partial charge in [-0.3, -0.25) is 14.7 Å². The highest BCUT2D eigenvalue weighted by Gasteiger charge is 2.39. The molecule has 0 radical (unpaired) electrons. The highest BCUT2D eigenvalue weighted by molar-refractivity contribution is 5.79. The van der Waals surface area contributed by atoms with Crippen molar-refractivity contribution in [1.29, 1.82) is 0 Å². The third-order valence-electron chi connectivity index (χ3n) is 6.58. The van der Waals surface area contributed by atoms with Gasteiger partial charge in [-0.05, 0) is 75.6 Å². The van der Waals surface area contributed by atoms with Crippen LogP contribution in [0.5, 0.6) is 0 Å². The van der Waals surface area contributed by atoms with Gasteiger partial charge in [0.05, 0.1) is 5.92 Å². The lowest BCUT2D eigenvalue weighted by Gasteiger charge is -2.45. The summed E-state index contributed by atoms with van der Waals surface area (Å²) in [5, 5.41) is 0. The Balaban J connectivity index is 1.31. The molecule has 0 aliphatic carbocycles. The van der Waals surface area contributed by atoms with Crippen LogP contribution in [0.1, 0.15) is 50.5 Å². The average Bonchev–Trinajstić information content (AvgIpc) is 2.68. The summed E-state index contributed by atoms with van der Waals surface area (Å²) in [5.41, 5.74) is 1.33. The molecule has 0 unspecified atom stereocenters. The molecule has 3 aliphatic rings.